The van der Waals surface area contributed by atoms with Crippen LogP contribution in [0.3, 0.4) is 0 Å². The fraction of sp³-hybridized carbons (Fsp3) is 0.417. The summed E-state index contributed by atoms with van der Waals surface area (Å²) in [5.41, 5.74) is 6.23. The molecule has 0 unspecified atom stereocenters. The van der Waals surface area contributed by atoms with Crippen LogP contribution in [0.4, 0.5) is 15.8 Å². The normalized spacial score (nSPS) is 10.1. The molecule has 4 nitrogen and oxygen atoms in total. The monoisotopic (exact) mass is 240 g/mol. The second kappa shape index (κ2) is 5.52. The molecule has 0 aliphatic carbocycles. The summed E-state index contributed by atoms with van der Waals surface area (Å²) in [5, 5.41) is 0. The SMILES string of the molecule is CCOC(=O)c1cc(N(C)CC)c(F)cc1N. The Morgan fingerprint density at radius 3 is 2.65 bits per heavy atom. The summed E-state index contributed by atoms with van der Waals surface area (Å²) < 4.78 is 18.5. The van der Waals surface area contributed by atoms with Gasteiger partial charge in [-0.1, -0.05) is 0 Å². The standard InChI is InChI=1S/C12H17FN2O2/c1-4-15(3)11-6-8(12(16)17-5-2)10(14)7-9(11)13/h6-7H,4-5,14H2,1-3H3. The van der Waals surface area contributed by atoms with E-state index in [1.165, 1.54) is 6.07 Å². The highest BCUT2D eigenvalue weighted by atomic mass is 19.1. The second-order valence-electron chi connectivity index (χ2n) is 3.63. The average Bonchev–Trinajstić information content (AvgIpc) is 2.28. The Bertz CT molecular complexity index is 421. The van der Waals surface area contributed by atoms with E-state index in [2.05, 4.69) is 0 Å². The minimum absolute atomic E-state index is 0.0919. The van der Waals surface area contributed by atoms with Gasteiger partial charge in [0, 0.05) is 19.3 Å². The third kappa shape index (κ3) is 2.87. The number of esters is 1. The Morgan fingerprint density at radius 1 is 1.47 bits per heavy atom. The smallest absolute Gasteiger partial charge is 0.340 e. The number of hydrogen-bond acceptors (Lipinski definition) is 4. The van der Waals surface area contributed by atoms with Crippen LogP contribution >= 0.6 is 0 Å². The minimum atomic E-state index is -0.532. The Kier molecular flexibility index (Phi) is 4.31. The van der Waals surface area contributed by atoms with E-state index >= 15 is 0 Å². The topological polar surface area (TPSA) is 55.6 Å². The summed E-state index contributed by atoms with van der Waals surface area (Å²) in [7, 11) is 1.74. The number of anilines is 2. The zero-order valence-electron chi connectivity index (χ0n) is 10.3. The summed E-state index contributed by atoms with van der Waals surface area (Å²) in [6.45, 7) is 4.48. The van der Waals surface area contributed by atoms with Crippen LogP contribution in [0.5, 0.6) is 0 Å². The Hall–Kier alpha value is -1.78. The predicted octanol–water partition coefficient (Wildman–Crippen LogP) is 2.04. The molecule has 0 atom stereocenters. The van der Waals surface area contributed by atoms with Crippen molar-refractivity contribution in [3.8, 4) is 0 Å². The first-order chi connectivity index (χ1) is 8.01. The maximum Gasteiger partial charge on any atom is 0.340 e. The molecular formula is C12H17FN2O2. The van der Waals surface area contributed by atoms with Gasteiger partial charge in [0.2, 0.25) is 0 Å². The lowest BCUT2D eigenvalue weighted by atomic mass is 10.1. The Balaban J connectivity index is 3.19. The van der Waals surface area contributed by atoms with Gasteiger partial charge in [0.25, 0.3) is 0 Å². The molecule has 0 aliphatic rings. The molecule has 0 amide bonds. The van der Waals surface area contributed by atoms with E-state index < -0.39 is 11.8 Å². The molecule has 0 heterocycles. The highest BCUT2D eigenvalue weighted by molar-refractivity contribution is 5.96. The summed E-state index contributed by atoms with van der Waals surface area (Å²) in [4.78, 5) is 13.3. The van der Waals surface area contributed by atoms with Crippen molar-refractivity contribution in [3.05, 3.63) is 23.5 Å². The van der Waals surface area contributed by atoms with E-state index in [0.717, 1.165) is 6.07 Å². The summed E-state index contributed by atoms with van der Waals surface area (Å²) in [5.74, 6) is -0.976. The lowest BCUT2D eigenvalue weighted by Crippen LogP contribution is -2.19. The maximum absolute atomic E-state index is 13.6. The highest BCUT2D eigenvalue weighted by Crippen LogP contribution is 2.25. The van der Waals surface area contributed by atoms with Gasteiger partial charge in [0.1, 0.15) is 5.82 Å². The molecule has 0 aliphatic heterocycles. The molecule has 5 heteroatoms. The van der Waals surface area contributed by atoms with Gasteiger partial charge in [-0.15, -0.1) is 0 Å². The van der Waals surface area contributed by atoms with E-state index in [4.69, 9.17) is 10.5 Å². The van der Waals surface area contributed by atoms with E-state index in [1.54, 1.807) is 18.9 Å². The number of benzene rings is 1. The summed E-state index contributed by atoms with van der Waals surface area (Å²) >= 11 is 0. The lowest BCUT2D eigenvalue weighted by molar-refractivity contribution is 0.0527. The van der Waals surface area contributed by atoms with Crippen LogP contribution < -0.4 is 10.6 Å². The number of ether oxygens (including phenoxy) is 1. The number of halogens is 1. The minimum Gasteiger partial charge on any atom is -0.462 e. The van der Waals surface area contributed by atoms with Crippen LogP contribution in [0.2, 0.25) is 0 Å². The molecule has 17 heavy (non-hydrogen) atoms. The molecule has 0 radical (unpaired) electrons. The van der Waals surface area contributed by atoms with Crippen LogP contribution in [0, 0.1) is 5.82 Å². The van der Waals surface area contributed by atoms with Crippen LogP contribution in [0.25, 0.3) is 0 Å². The molecule has 0 bridgehead atoms. The van der Waals surface area contributed by atoms with Crippen molar-refractivity contribution >= 4 is 17.3 Å². The van der Waals surface area contributed by atoms with Crippen LogP contribution in [-0.4, -0.2) is 26.2 Å². The third-order valence-corrected chi connectivity index (χ3v) is 2.50. The number of nitrogens with zero attached hydrogens (tertiary/aromatic N) is 1. The molecular weight excluding hydrogens is 223 g/mol. The fourth-order valence-corrected chi connectivity index (χ4v) is 1.43. The zero-order chi connectivity index (χ0) is 13.0. The molecule has 1 rings (SSSR count). The summed E-state index contributed by atoms with van der Waals surface area (Å²) in [6.07, 6.45) is 0. The van der Waals surface area contributed by atoms with Gasteiger partial charge in [-0.05, 0) is 26.0 Å². The van der Waals surface area contributed by atoms with Gasteiger partial charge in [-0.25, -0.2) is 9.18 Å². The van der Waals surface area contributed by atoms with Crippen molar-refractivity contribution in [2.45, 2.75) is 13.8 Å². The van der Waals surface area contributed by atoms with Crippen molar-refractivity contribution in [2.75, 3.05) is 30.8 Å². The van der Waals surface area contributed by atoms with Crippen molar-refractivity contribution in [1.29, 1.82) is 0 Å². The molecule has 0 aromatic heterocycles. The first-order valence-electron chi connectivity index (χ1n) is 5.48. The molecule has 1 aromatic carbocycles. The molecule has 94 valence electrons. The number of carbonyl (C=O) groups is 1. The number of carbonyl (C=O) groups excluding carboxylic acids is 1. The molecule has 0 spiro atoms. The molecule has 0 saturated heterocycles. The fourth-order valence-electron chi connectivity index (χ4n) is 1.43. The van der Waals surface area contributed by atoms with Crippen LogP contribution in [0.1, 0.15) is 24.2 Å². The van der Waals surface area contributed by atoms with Crippen molar-refractivity contribution in [1.82, 2.24) is 0 Å². The Morgan fingerprint density at radius 2 is 2.12 bits per heavy atom. The van der Waals surface area contributed by atoms with E-state index in [9.17, 15) is 9.18 Å². The number of hydrogen-bond donors (Lipinski definition) is 1. The van der Waals surface area contributed by atoms with Crippen molar-refractivity contribution < 1.29 is 13.9 Å². The zero-order valence-corrected chi connectivity index (χ0v) is 10.3. The summed E-state index contributed by atoms with van der Waals surface area (Å²) in [6, 6.07) is 2.57. The lowest BCUT2D eigenvalue weighted by Gasteiger charge is -2.19. The quantitative estimate of drug-likeness (QED) is 0.646. The van der Waals surface area contributed by atoms with Gasteiger partial charge in [-0.3, -0.25) is 0 Å². The highest BCUT2D eigenvalue weighted by Gasteiger charge is 2.16. The van der Waals surface area contributed by atoms with Gasteiger partial charge in [0.15, 0.2) is 0 Å². The first-order valence-corrected chi connectivity index (χ1v) is 5.48. The van der Waals surface area contributed by atoms with Gasteiger partial charge in [-0.2, -0.15) is 0 Å². The maximum atomic E-state index is 13.6. The molecule has 1 aromatic rings. The third-order valence-electron chi connectivity index (χ3n) is 2.50. The average molecular weight is 240 g/mol. The van der Waals surface area contributed by atoms with Crippen molar-refractivity contribution in [2.24, 2.45) is 0 Å². The van der Waals surface area contributed by atoms with E-state index in [1.807, 2.05) is 6.92 Å². The van der Waals surface area contributed by atoms with Gasteiger partial charge < -0.3 is 15.4 Å². The van der Waals surface area contributed by atoms with Gasteiger partial charge in [0.05, 0.1) is 17.9 Å². The number of rotatable bonds is 4. The number of nitrogen functional groups attached to an aromatic ring is 1. The second-order valence-corrected chi connectivity index (χ2v) is 3.63. The molecule has 2 N–H and O–H groups in total. The predicted molar refractivity (Wildman–Crippen MR) is 65.7 cm³/mol. The number of nitrogens with two attached hydrogens (primary N) is 1. The van der Waals surface area contributed by atoms with E-state index in [0.29, 0.717) is 12.2 Å². The Labute approximate surface area is 100 Å². The first kappa shape index (κ1) is 13.3. The van der Waals surface area contributed by atoms with Crippen LogP contribution in [-0.2, 0) is 4.74 Å². The van der Waals surface area contributed by atoms with Crippen molar-refractivity contribution in [3.63, 3.8) is 0 Å². The molecule has 0 saturated carbocycles. The van der Waals surface area contributed by atoms with Gasteiger partial charge >= 0.3 is 5.97 Å². The largest absolute Gasteiger partial charge is 0.462 e. The molecule has 0 fully saturated rings. The van der Waals surface area contributed by atoms with Crippen LogP contribution in [0.15, 0.2) is 12.1 Å². The van der Waals surface area contributed by atoms with E-state index in [-0.39, 0.29) is 17.9 Å².